The summed E-state index contributed by atoms with van der Waals surface area (Å²) in [5.74, 6) is 0. The van der Waals surface area contributed by atoms with Gasteiger partial charge in [0.05, 0.1) is 12.5 Å². The molecule has 4 heteroatoms. The maximum absolute atomic E-state index is 8.77. The van der Waals surface area contributed by atoms with Crippen LogP contribution < -0.4 is 10.6 Å². The van der Waals surface area contributed by atoms with Gasteiger partial charge in [-0.25, -0.2) is 0 Å². The lowest BCUT2D eigenvalue weighted by Crippen LogP contribution is -2.23. The lowest BCUT2D eigenvalue weighted by Gasteiger charge is -2.24. The topological polar surface area (TPSA) is 65.9 Å². The Labute approximate surface area is 113 Å². The first kappa shape index (κ1) is 12.9. The zero-order valence-corrected chi connectivity index (χ0v) is 10.7. The minimum absolute atomic E-state index is 0.481. The van der Waals surface area contributed by atoms with Crippen molar-refractivity contribution in [3.63, 3.8) is 0 Å². The van der Waals surface area contributed by atoms with E-state index in [9.17, 15) is 0 Å². The molecule has 0 radical (unpaired) electrons. The average molecular weight is 252 g/mol. The minimum Gasteiger partial charge on any atom is -0.399 e. The van der Waals surface area contributed by atoms with E-state index < -0.39 is 0 Å². The van der Waals surface area contributed by atoms with Gasteiger partial charge in [-0.3, -0.25) is 4.98 Å². The molecule has 1 heterocycles. The van der Waals surface area contributed by atoms with E-state index in [1.165, 1.54) is 0 Å². The highest BCUT2D eigenvalue weighted by molar-refractivity contribution is 5.56. The molecule has 0 bridgehead atoms. The first-order valence-corrected chi connectivity index (χ1v) is 6.16. The molecule has 0 aliphatic carbocycles. The van der Waals surface area contributed by atoms with Crippen molar-refractivity contribution in [3.05, 3.63) is 54.4 Å². The number of anilines is 2. The Bertz CT molecular complexity index is 560. The fourth-order valence-electron chi connectivity index (χ4n) is 1.92. The molecule has 1 aromatic carbocycles. The van der Waals surface area contributed by atoms with Crippen LogP contribution in [-0.4, -0.2) is 11.5 Å². The van der Waals surface area contributed by atoms with Crippen LogP contribution in [0.15, 0.2) is 48.8 Å². The molecule has 0 saturated carbocycles. The van der Waals surface area contributed by atoms with E-state index in [2.05, 4.69) is 16.0 Å². The van der Waals surface area contributed by atoms with Gasteiger partial charge in [0.25, 0.3) is 0 Å². The average Bonchev–Trinajstić information content (AvgIpc) is 2.44. The standard InChI is InChI=1S/C15H16N4/c16-7-3-9-19(12-13-4-2-8-18-11-13)15-6-1-5-14(17)10-15/h1-2,4-6,8,10-11H,3,9,12,17H2. The second-order valence-electron chi connectivity index (χ2n) is 4.29. The lowest BCUT2D eigenvalue weighted by molar-refractivity contribution is 0.795. The quantitative estimate of drug-likeness (QED) is 0.831. The van der Waals surface area contributed by atoms with Crippen LogP contribution in [0.2, 0.25) is 0 Å². The number of pyridine rings is 1. The number of nitrogens with zero attached hydrogens (tertiary/aromatic N) is 3. The van der Waals surface area contributed by atoms with Crippen molar-refractivity contribution in [1.29, 1.82) is 5.26 Å². The van der Waals surface area contributed by atoms with E-state index in [-0.39, 0.29) is 0 Å². The predicted molar refractivity (Wildman–Crippen MR) is 76.4 cm³/mol. The Balaban J connectivity index is 2.19. The van der Waals surface area contributed by atoms with Crippen molar-refractivity contribution in [2.75, 3.05) is 17.2 Å². The maximum Gasteiger partial charge on any atom is 0.0640 e. The van der Waals surface area contributed by atoms with Gasteiger partial charge in [0, 0.05) is 36.9 Å². The number of nitrogen functional groups attached to an aromatic ring is 1. The van der Waals surface area contributed by atoms with E-state index in [1.807, 2.05) is 42.6 Å². The van der Waals surface area contributed by atoms with Crippen molar-refractivity contribution in [2.24, 2.45) is 0 Å². The summed E-state index contributed by atoms with van der Waals surface area (Å²) < 4.78 is 0. The van der Waals surface area contributed by atoms with E-state index in [1.54, 1.807) is 6.20 Å². The third-order valence-electron chi connectivity index (χ3n) is 2.83. The number of hydrogen-bond donors (Lipinski definition) is 1. The molecule has 0 aliphatic heterocycles. The molecule has 2 N–H and O–H groups in total. The first-order valence-electron chi connectivity index (χ1n) is 6.16. The highest BCUT2D eigenvalue weighted by atomic mass is 15.1. The van der Waals surface area contributed by atoms with Crippen LogP contribution in [-0.2, 0) is 6.54 Å². The van der Waals surface area contributed by atoms with Gasteiger partial charge in [-0.05, 0) is 29.8 Å². The van der Waals surface area contributed by atoms with Crippen molar-refractivity contribution >= 4 is 11.4 Å². The molecule has 4 nitrogen and oxygen atoms in total. The number of benzene rings is 1. The number of aromatic nitrogens is 1. The van der Waals surface area contributed by atoms with Gasteiger partial charge in [-0.2, -0.15) is 5.26 Å². The van der Waals surface area contributed by atoms with Gasteiger partial charge in [-0.15, -0.1) is 0 Å². The van der Waals surface area contributed by atoms with Crippen molar-refractivity contribution in [3.8, 4) is 6.07 Å². The van der Waals surface area contributed by atoms with E-state index in [4.69, 9.17) is 11.0 Å². The van der Waals surface area contributed by atoms with Crippen molar-refractivity contribution < 1.29 is 0 Å². The normalized spacial score (nSPS) is 9.84. The smallest absolute Gasteiger partial charge is 0.0640 e. The van der Waals surface area contributed by atoms with Crippen LogP contribution in [0, 0.1) is 11.3 Å². The molecule has 2 rings (SSSR count). The first-order chi connectivity index (χ1) is 9.29. The molecule has 2 aromatic rings. The molecule has 0 unspecified atom stereocenters. The summed E-state index contributed by atoms with van der Waals surface area (Å²) in [5.41, 5.74) is 8.68. The van der Waals surface area contributed by atoms with Gasteiger partial charge in [0.15, 0.2) is 0 Å². The number of rotatable bonds is 5. The molecule has 96 valence electrons. The number of nitrogens with two attached hydrogens (primary N) is 1. The van der Waals surface area contributed by atoms with Crippen LogP contribution in [0.5, 0.6) is 0 Å². The van der Waals surface area contributed by atoms with Crippen molar-refractivity contribution in [2.45, 2.75) is 13.0 Å². The van der Waals surface area contributed by atoms with E-state index >= 15 is 0 Å². The highest BCUT2D eigenvalue weighted by Crippen LogP contribution is 2.20. The second kappa shape index (κ2) is 6.41. The van der Waals surface area contributed by atoms with Crippen LogP contribution >= 0.6 is 0 Å². The summed E-state index contributed by atoms with van der Waals surface area (Å²) in [4.78, 5) is 6.25. The fourth-order valence-corrected chi connectivity index (χ4v) is 1.92. The number of hydrogen-bond acceptors (Lipinski definition) is 4. The van der Waals surface area contributed by atoms with Gasteiger partial charge in [-0.1, -0.05) is 12.1 Å². The zero-order chi connectivity index (χ0) is 13.5. The van der Waals surface area contributed by atoms with Crippen LogP contribution in [0.25, 0.3) is 0 Å². The van der Waals surface area contributed by atoms with E-state index in [0.717, 1.165) is 23.5 Å². The molecule has 0 amide bonds. The summed E-state index contributed by atoms with van der Waals surface area (Å²) in [6, 6.07) is 13.8. The summed E-state index contributed by atoms with van der Waals surface area (Å²) in [5, 5.41) is 8.77. The lowest BCUT2D eigenvalue weighted by atomic mass is 10.2. The summed E-state index contributed by atoms with van der Waals surface area (Å²) in [6.07, 6.45) is 4.07. The SMILES string of the molecule is N#CCCN(Cc1cccnc1)c1cccc(N)c1. The molecular formula is C15H16N4. The maximum atomic E-state index is 8.77. The predicted octanol–water partition coefficient (Wildman–Crippen LogP) is 2.58. The Morgan fingerprint density at radius 3 is 2.84 bits per heavy atom. The summed E-state index contributed by atoms with van der Waals surface area (Å²) in [6.45, 7) is 1.40. The minimum atomic E-state index is 0.481. The second-order valence-corrected chi connectivity index (χ2v) is 4.29. The van der Waals surface area contributed by atoms with Crippen LogP contribution in [0.1, 0.15) is 12.0 Å². The molecule has 0 atom stereocenters. The van der Waals surface area contributed by atoms with Gasteiger partial charge >= 0.3 is 0 Å². The monoisotopic (exact) mass is 252 g/mol. The van der Waals surface area contributed by atoms with Crippen molar-refractivity contribution in [1.82, 2.24) is 4.98 Å². The van der Waals surface area contributed by atoms with Crippen LogP contribution in [0.3, 0.4) is 0 Å². The Morgan fingerprint density at radius 1 is 1.26 bits per heavy atom. The fraction of sp³-hybridized carbons (Fsp3) is 0.200. The largest absolute Gasteiger partial charge is 0.399 e. The van der Waals surface area contributed by atoms with Gasteiger partial charge < -0.3 is 10.6 Å². The molecule has 1 aromatic heterocycles. The molecule has 19 heavy (non-hydrogen) atoms. The van der Waals surface area contributed by atoms with Crippen LogP contribution in [0.4, 0.5) is 11.4 Å². The molecule has 0 fully saturated rings. The van der Waals surface area contributed by atoms with Gasteiger partial charge in [0.1, 0.15) is 0 Å². The molecule has 0 aliphatic rings. The van der Waals surface area contributed by atoms with E-state index in [0.29, 0.717) is 13.0 Å². The Hall–Kier alpha value is -2.54. The Morgan fingerprint density at radius 2 is 2.16 bits per heavy atom. The Kier molecular flexibility index (Phi) is 4.35. The summed E-state index contributed by atoms with van der Waals surface area (Å²) >= 11 is 0. The molecule has 0 saturated heterocycles. The molecule has 0 spiro atoms. The summed E-state index contributed by atoms with van der Waals surface area (Å²) in [7, 11) is 0. The zero-order valence-electron chi connectivity index (χ0n) is 10.7. The van der Waals surface area contributed by atoms with Gasteiger partial charge in [0.2, 0.25) is 0 Å². The third-order valence-corrected chi connectivity index (χ3v) is 2.83. The molecular weight excluding hydrogens is 236 g/mol. The third kappa shape index (κ3) is 3.71. The highest BCUT2D eigenvalue weighted by Gasteiger charge is 2.07. The number of nitriles is 1.